The summed E-state index contributed by atoms with van der Waals surface area (Å²) < 4.78 is 12.6. The summed E-state index contributed by atoms with van der Waals surface area (Å²) in [5.74, 6) is 1.29. The number of amides is 2. The van der Waals surface area contributed by atoms with Crippen LogP contribution in [0.1, 0.15) is 43.2 Å². The molecule has 1 saturated carbocycles. The molecule has 0 unspecified atom stereocenters. The van der Waals surface area contributed by atoms with E-state index < -0.39 is 5.41 Å². The molecule has 34 heavy (non-hydrogen) atoms. The molecule has 2 amide bonds. The maximum absolute atomic E-state index is 13.6. The van der Waals surface area contributed by atoms with Crippen molar-refractivity contribution in [2.75, 3.05) is 12.1 Å². The van der Waals surface area contributed by atoms with Crippen LogP contribution >= 0.6 is 0 Å². The first-order valence-electron chi connectivity index (χ1n) is 11.7. The van der Waals surface area contributed by atoms with Crippen molar-refractivity contribution in [2.24, 2.45) is 0 Å². The van der Waals surface area contributed by atoms with Crippen molar-refractivity contribution in [3.8, 4) is 11.5 Å². The number of nitrogens with one attached hydrogen (secondary N) is 2. The largest absolute Gasteiger partial charge is 0.454 e. The summed E-state index contributed by atoms with van der Waals surface area (Å²) in [5.41, 5.74) is 2.01. The van der Waals surface area contributed by atoms with Crippen LogP contribution in [0.25, 0.3) is 0 Å². The summed E-state index contributed by atoms with van der Waals surface area (Å²) in [6.45, 7) is 0.743. The number of nitrogens with zero attached hydrogens (tertiary/aromatic N) is 2. The third kappa shape index (κ3) is 4.62. The zero-order valence-electron chi connectivity index (χ0n) is 19.0. The molecule has 3 aromatic rings. The van der Waals surface area contributed by atoms with E-state index in [9.17, 15) is 9.59 Å². The van der Waals surface area contributed by atoms with Crippen molar-refractivity contribution in [1.82, 2.24) is 15.1 Å². The maximum Gasteiger partial charge on any atom is 0.246 e. The number of rotatable bonds is 7. The molecule has 2 heterocycles. The van der Waals surface area contributed by atoms with Gasteiger partial charge in [0.15, 0.2) is 11.5 Å². The fraction of sp³-hybridized carbons (Fsp3) is 0.346. The molecule has 5 rings (SSSR count). The summed E-state index contributed by atoms with van der Waals surface area (Å²) in [6, 6.07) is 15.2. The van der Waals surface area contributed by atoms with Crippen molar-refractivity contribution in [1.29, 1.82) is 0 Å². The third-order valence-electron chi connectivity index (χ3n) is 6.60. The number of hydrogen-bond acceptors (Lipinski definition) is 5. The van der Waals surface area contributed by atoms with Crippen LogP contribution in [0.3, 0.4) is 0 Å². The van der Waals surface area contributed by atoms with Crippen LogP contribution in [0, 0.1) is 0 Å². The quantitative estimate of drug-likeness (QED) is 0.560. The molecule has 1 aromatic heterocycles. The van der Waals surface area contributed by atoms with Gasteiger partial charge in [0.1, 0.15) is 6.54 Å². The summed E-state index contributed by atoms with van der Waals surface area (Å²) in [6.07, 6.45) is 8.16. The molecule has 8 nitrogen and oxygen atoms in total. The first-order valence-corrected chi connectivity index (χ1v) is 11.7. The van der Waals surface area contributed by atoms with Crippen LogP contribution in [-0.4, -0.2) is 28.4 Å². The zero-order valence-corrected chi connectivity index (χ0v) is 19.0. The number of aromatic nitrogens is 2. The summed E-state index contributed by atoms with van der Waals surface area (Å²) in [5, 5.41) is 10.1. The van der Waals surface area contributed by atoms with E-state index >= 15 is 0 Å². The molecule has 2 aliphatic rings. The van der Waals surface area contributed by atoms with E-state index in [0.29, 0.717) is 18.0 Å². The van der Waals surface area contributed by atoms with Gasteiger partial charge in [-0.15, -0.1) is 0 Å². The lowest BCUT2D eigenvalue weighted by molar-refractivity contribution is -0.128. The highest BCUT2D eigenvalue weighted by atomic mass is 16.7. The number of carbonyl (C=O) groups is 2. The fourth-order valence-electron chi connectivity index (χ4n) is 4.85. The monoisotopic (exact) mass is 460 g/mol. The van der Waals surface area contributed by atoms with Crippen LogP contribution in [0.15, 0.2) is 60.9 Å². The lowest BCUT2D eigenvalue weighted by Crippen LogP contribution is -2.45. The van der Waals surface area contributed by atoms with Gasteiger partial charge in [0, 0.05) is 24.6 Å². The van der Waals surface area contributed by atoms with E-state index in [1.165, 1.54) is 0 Å². The Kier molecular flexibility index (Phi) is 6.20. The standard InChI is InChI=1S/C26H28N4O4/c31-24(17-30-13-5-12-28-30)29-21-7-4-6-19(14-21)16-27-25(32)26(10-2-1-3-11-26)20-8-9-22-23(15-20)34-18-33-22/h4-9,12-15H,1-3,10-11,16-18H2,(H,27,32)(H,29,31). The molecule has 0 radical (unpaired) electrons. The first kappa shape index (κ1) is 22.0. The van der Waals surface area contributed by atoms with Crippen molar-refractivity contribution in [3.05, 3.63) is 72.1 Å². The molecule has 0 atom stereocenters. The Balaban J connectivity index is 1.27. The molecular weight excluding hydrogens is 432 g/mol. The molecule has 2 N–H and O–H groups in total. The second kappa shape index (κ2) is 9.59. The predicted octanol–water partition coefficient (Wildman–Crippen LogP) is 3.77. The molecular formula is C26H28N4O4. The van der Waals surface area contributed by atoms with Gasteiger partial charge in [-0.1, -0.05) is 37.5 Å². The van der Waals surface area contributed by atoms with Gasteiger partial charge in [-0.05, 0) is 54.3 Å². The predicted molar refractivity (Wildman–Crippen MR) is 126 cm³/mol. The van der Waals surface area contributed by atoms with Crippen molar-refractivity contribution in [3.63, 3.8) is 0 Å². The molecule has 0 saturated heterocycles. The topological polar surface area (TPSA) is 94.5 Å². The second-order valence-electron chi connectivity index (χ2n) is 8.85. The van der Waals surface area contributed by atoms with Crippen molar-refractivity contribution >= 4 is 17.5 Å². The Morgan fingerprint density at radius 2 is 1.85 bits per heavy atom. The zero-order chi connectivity index (χ0) is 23.4. The van der Waals surface area contributed by atoms with Gasteiger partial charge in [-0.2, -0.15) is 5.10 Å². The van der Waals surface area contributed by atoms with Crippen LogP contribution in [0.4, 0.5) is 5.69 Å². The van der Waals surface area contributed by atoms with Crippen LogP contribution in [0.2, 0.25) is 0 Å². The van der Waals surface area contributed by atoms with E-state index in [1.54, 1.807) is 23.1 Å². The smallest absolute Gasteiger partial charge is 0.246 e. The third-order valence-corrected chi connectivity index (χ3v) is 6.60. The minimum absolute atomic E-state index is 0.0270. The highest BCUT2D eigenvalue weighted by Crippen LogP contribution is 2.43. The van der Waals surface area contributed by atoms with Crippen LogP contribution < -0.4 is 20.1 Å². The minimum Gasteiger partial charge on any atom is -0.454 e. The SMILES string of the molecule is O=C(Cn1cccn1)Nc1cccc(CNC(=O)C2(c3ccc4c(c3)OCO4)CCCCC2)c1. The van der Waals surface area contributed by atoms with E-state index in [0.717, 1.165) is 49.0 Å². The Labute approximate surface area is 198 Å². The molecule has 1 fully saturated rings. The molecule has 1 aliphatic carbocycles. The van der Waals surface area contributed by atoms with Gasteiger partial charge in [0.05, 0.1) is 5.41 Å². The van der Waals surface area contributed by atoms with E-state index in [1.807, 2.05) is 42.5 Å². The molecule has 176 valence electrons. The van der Waals surface area contributed by atoms with Gasteiger partial charge in [-0.25, -0.2) is 0 Å². The van der Waals surface area contributed by atoms with Crippen molar-refractivity contribution in [2.45, 2.75) is 50.6 Å². The molecule has 0 bridgehead atoms. The van der Waals surface area contributed by atoms with Gasteiger partial charge in [0.2, 0.25) is 18.6 Å². The Hall–Kier alpha value is -3.81. The molecule has 2 aromatic carbocycles. The van der Waals surface area contributed by atoms with Crippen molar-refractivity contribution < 1.29 is 19.1 Å². The molecule has 8 heteroatoms. The average Bonchev–Trinajstić information content (AvgIpc) is 3.54. The minimum atomic E-state index is -0.575. The summed E-state index contributed by atoms with van der Waals surface area (Å²) in [4.78, 5) is 25.9. The lowest BCUT2D eigenvalue weighted by atomic mass is 9.68. The van der Waals surface area contributed by atoms with Crippen LogP contribution in [0.5, 0.6) is 11.5 Å². The fourth-order valence-corrected chi connectivity index (χ4v) is 4.85. The van der Waals surface area contributed by atoms with Gasteiger partial charge in [-0.3, -0.25) is 14.3 Å². The Bertz CT molecular complexity index is 1170. The summed E-state index contributed by atoms with van der Waals surface area (Å²) >= 11 is 0. The Morgan fingerprint density at radius 3 is 2.68 bits per heavy atom. The maximum atomic E-state index is 13.6. The number of carbonyl (C=O) groups excluding carboxylic acids is 2. The normalized spacial score (nSPS) is 16.1. The van der Waals surface area contributed by atoms with Gasteiger partial charge in [0.25, 0.3) is 0 Å². The lowest BCUT2D eigenvalue weighted by Gasteiger charge is -2.36. The van der Waals surface area contributed by atoms with Gasteiger partial charge >= 0.3 is 0 Å². The first-order chi connectivity index (χ1) is 16.6. The average molecular weight is 461 g/mol. The highest BCUT2D eigenvalue weighted by Gasteiger charge is 2.41. The second-order valence-corrected chi connectivity index (χ2v) is 8.85. The van der Waals surface area contributed by atoms with Gasteiger partial charge < -0.3 is 20.1 Å². The number of ether oxygens (including phenoxy) is 2. The Morgan fingerprint density at radius 1 is 1.00 bits per heavy atom. The van der Waals surface area contributed by atoms with E-state index in [2.05, 4.69) is 15.7 Å². The number of benzene rings is 2. The number of fused-ring (bicyclic) bond motifs is 1. The highest BCUT2D eigenvalue weighted by molar-refractivity contribution is 5.91. The van der Waals surface area contributed by atoms with E-state index in [-0.39, 0.29) is 25.2 Å². The molecule has 0 spiro atoms. The summed E-state index contributed by atoms with van der Waals surface area (Å²) in [7, 11) is 0. The number of hydrogen-bond donors (Lipinski definition) is 2. The van der Waals surface area contributed by atoms with E-state index in [4.69, 9.17) is 9.47 Å². The number of anilines is 1. The molecule has 1 aliphatic heterocycles. The van der Waals surface area contributed by atoms with Crippen LogP contribution in [-0.2, 0) is 28.1 Å².